The van der Waals surface area contributed by atoms with Crippen molar-refractivity contribution in [1.29, 1.82) is 5.26 Å². The van der Waals surface area contributed by atoms with Gasteiger partial charge in [0.2, 0.25) is 0 Å². The summed E-state index contributed by atoms with van der Waals surface area (Å²) >= 11 is 0. The van der Waals surface area contributed by atoms with E-state index in [4.69, 9.17) is 10.00 Å². The Bertz CT molecular complexity index is 652. The van der Waals surface area contributed by atoms with Crippen LogP contribution in [0.3, 0.4) is 0 Å². The van der Waals surface area contributed by atoms with Crippen LogP contribution in [-0.2, 0) is 0 Å². The molecule has 102 valence electrons. The van der Waals surface area contributed by atoms with Crippen molar-refractivity contribution >= 4 is 5.69 Å². The predicted octanol–water partition coefficient (Wildman–Crippen LogP) is 3.27. The molecule has 20 heavy (non-hydrogen) atoms. The van der Waals surface area contributed by atoms with E-state index in [1.54, 1.807) is 24.4 Å². The Hall–Kier alpha value is -2.61. The van der Waals surface area contributed by atoms with Gasteiger partial charge in [-0.15, -0.1) is 0 Å². The molecule has 1 N–H and O–H groups in total. The largest absolute Gasteiger partial charge is 0.495 e. The van der Waals surface area contributed by atoms with Gasteiger partial charge in [0.25, 0.3) is 0 Å². The van der Waals surface area contributed by atoms with Crippen molar-refractivity contribution < 1.29 is 9.13 Å². The lowest BCUT2D eigenvalue weighted by atomic mass is 10.1. The molecule has 1 aromatic heterocycles. The second-order valence-electron chi connectivity index (χ2n) is 4.30. The van der Waals surface area contributed by atoms with Gasteiger partial charge < -0.3 is 10.1 Å². The van der Waals surface area contributed by atoms with E-state index in [0.29, 0.717) is 22.6 Å². The maximum Gasteiger partial charge on any atom is 0.143 e. The summed E-state index contributed by atoms with van der Waals surface area (Å²) in [6.07, 6.45) is 2.74. The zero-order valence-corrected chi connectivity index (χ0v) is 11.2. The lowest BCUT2D eigenvalue weighted by molar-refractivity contribution is 0.416. The molecule has 2 aromatic rings. The number of nitriles is 1. The van der Waals surface area contributed by atoms with Crippen LogP contribution in [0, 0.1) is 17.1 Å². The van der Waals surface area contributed by atoms with Crippen LogP contribution in [0.25, 0.3) is 0 Å². The van der Waals surface area contributed by atoms with Crippen LogP contribution in [0.15, 0.2) is 36.7 Å². The highest BCUT2D eigenvalue weighted by Crippen LogP contribution is 2.31. The van der Waals surface area contributed by atoms with Crippen molar-refractivity contribution in [3.05, 3.63) is 53.6 Å². The second-order valence-corrected chi connectivity index (χ2v) is 4.30. The van der Waals surface area contributed by atoms with E-state index < -0.39 is 5.82 Å². The quantitative estimate of drug-likeness (QED) is 0.927. The van der Waals surface area contributed by atoms with E-state index in [-0.39, 0.29) is 6.04 Å². The molecule has 1 aromatic carbocycles. The normalized spacial score (nSPS) is 11.5. The first-order valence-electron chi connectivity index (χ1n) is 6.09. The molecule has 1 heterocycles. The number of methoxy groups -OCH3 is 1. The van der Waals surface area contributed by atoms with Gasteiger partial charge in [-0.3, -0.25) is 4.98 Å². The van der Waals surface area contributed by atoms with Crippen molar-refractivity contribution in [3.63, 3.8) is 0 Å². The van der Waals surface area contributed by atoms with Crippen LogP contribution in [0.1, 0.15) is 24.1 Å². The number of hydrogen-bond donors (Lipinski definition) is 1. The standard InChI is InChI=1S/C15H14FN3O/c1-10(12-6-13(16)9-18-8-12)19-15-11(7-17)4-3-5-14(15)20-2/h3-6,8-10,19H,1-2H3. The monoisotopic (exact) mass is 271 g/mol. The molecule has 0 bridgehead atoms. The summed E-state index contributed by atoms with van der Waals surface area (Å²) < 4.78 is 18.4. The molecule has 0 aliphatic rings. The predicted molar refractivity (Wildman–Crippen MR) is 73.9 cm³/mol. The van der Waals surface area contributed by atoms with Crippen molar-refractivity contribution in [2.24, 2.45) is 0 Å². The maximum absolute atomic E-state index is 13.2. The number of pyridine rings is 1. The number of hydrogen-bond acceptors (Lipinski definition) is 4. The van der Waals surface area contributed by atoms with Gasteiger partial charge in [-0.25, -0.2) is 4.39 Å². The van der Waals surface area contributed by atoms with E-state index in [1.165, 1.54) is 13.2 Å². The Kier molecular flexibility index (Phi) is 4.16. The molecular formula is C15H14FN3O. The summed E-state index contributed by atoms with van der Waals surface area (Å²) in [5.74, 6) is 0.178. The molecule has 0 aliphatic carbocycles. The van der Waals surface area contributed by atoms with Gasteiger partial charge in [-0.2, -0.15) is 5.26 Å². The maximum atomic E-state index is 13.2. The van der Waals surface area contributed by atoms with Gasteiger partial charge in [0.15, 0.2) is 0 Å². The summed E-state index contributed by atoms with van der Waals surface area (Å²) in [4.78, 5) is 3.82. The number of nitrogens with zero attached hydrogens (tertiary/aromatic N) is 2. The van der Waals surface area contributed by atoms with Gasteiger partial charge in [0.1, 0.15) is 17.6 Å². The van der Waals surface area contributed by atoms with Gasteiger partial charge in [-0.05, 0) is 30.7 Å². The number of aromatic nitrogens is 1. The molecule has 0 saturated heterocycles. The molecule has 2 rings (SSSR count). The summed E-state index contributed by atoms with van der Waals surface area (Å²) in [7, 11) is 1.54. The number of anilines is 1. The Morgan fingerprint density at radius 2 is 2.20 bits per heavy atom. The molecule has 0 saturated carbocycles. The van der Waals surface area contributed by atoms with E-state index in [0.717, 1.165) is 6.20 Å². The van der Waals surface area contributed by atoms with Crippen molar-refractivity contribution in [2.45, 2.75) is 13.0 Å². The van der Waals surface area contributed by atoms with Crippen molar-refractivity contribution in [3.8, 4) is 11.8 Å². The molecule has 1 unspecified atom stereocenters. The lowest BCUT2D eigenvalue weighted by Crippen LogP contribution is -2.09. The topological polar surface area (TPSA) is 57.9 Å². The summed E-state index contributed by atoms with van der Waals surface area (Å²) in [6, 6.07) is 8.51. The number of halogens is 1. The van der Waals surface area contributed by atoms with Crippen molar-refractivity contribution in [1.82, 2.24) is 4.98 Å². The van der Waals surface area contributed by atoms with Crippen LogP contribution < -0.4 is 10.1 Å². The van der Waals surface area contributed by atoms with E-state index in [2.05, 4.69) is 16.4 Å². The highest BCUT2D eigenvalue weighted by molar-refractivity contribution is 5.67. The lowest BCUT2D eigenvalue weighted by Gasteiger charge is -2.18. The SMILES string of the molecule is COc1cccc(C#N)c1NC(C)c1cncc(F)c1. The molecule has 0 fully saturated rings. The Labute approximate surface area is 116 Å². The highest BCUT2D eigenvalue weighted by atomic mass is 19.1. The van der Waals surface area contributed by atoms with Crippen LogP contribution in [-0.4, -0.2) is 12.1 Å². The second kappa shape index (κ2) is 6.02. The average Bonchev–Trinajstić information content (AvgIpc) is 2.47. The zero-order chi connectivity index (χ0) is 14.5. The molecule has 5 heteroatoms. The number of benzene rings is 1. The Morgan fingerprint density at radius 3 is 2.85 bits per heavy atom. The van der Waals surface area contributed by atoms with Gasteiger partial charge in [0, 0.05) is 6.20 Å². The Morgan fingerprint density at radius 1 is 1.40 bits per heavy atom. The summed E-state index contributed by atoms with van der Waals surface area (Å²) in [5, 5.41) is 12.3. The third-order valence-electron chi connectivity index (χ3n) is 2.95. The van der Waals surface area contributed by atoms with Gasteiger partial charge in [-0.1, -0.05) is 6.07 Å². The van der Waals surface area contributed by atoms with Crippen LogP contribution in [0.5, 0.6) is 5.75 Å². The van der Waals surface area contributed by atoms with Crippen LogP contribution >= 0.6 is 0 Å². The van der Waals surface area contributed by atoms with Gasteiger partial charge >= 0.3 is 0 Å². The number of ether oxygens (including phenoxy) is 1. The molecule has 4 nitrogen and oxygen atoms in total. The number of rotatable bonds is 4. The number of para-hydroxylation sites is 1. The van der Waals surface area contributed by atoms with E-state index in [9.17, 15) is 4.39 Å². The fourth-order valence-electron chi connectivity index (χ4n) is 1.91. The summed E-state index contributed by atoms with van der Waals surface area (Å²) in [5.41, 5.74) is 1.76. The van der Waals surface area contributed by atoms with E-state index in [1.807, 2.05) is 6.92 Å². The minimum atomic E-state index is -0.392. The Balaban J connectivity index is 2.32. The molecule has 1 atom stereocenters. The smallest absolute Gasteiger partial charge is 0.143 e. The van der Waals surface area contributed by atoms with E-state index >= 15 is 0 Å². The third kappa shape index (κ3) is 2.86. The van der Waals surface area contributed by atoms with Crippen LogP contribution in [0.2, 0.25) is 0 Å². The average molecular weight is 271 g/mol. The molecule has 0 aliphatic heterocycles. The molecule has 0 spiro atoms. The first-order chi connectivity index (χ1) is 9.65. The fraction of sp³-hybridized carbons (Fsp3) is 0.200. The third-order valence-corrected chi connectivity index (χ3v) is 2.95. The van der Waals surface area contributed by atoms with Gasteiger partial charge in [0.05, 0.1) is 30.6 Å². The van der Waals surface area contributed by atoms with Crippen LogP contribution in [0.4, 0.5) is 10.1 Å². The molecule has 0 radical (unpaired) electrons. The van der Waals surface area contributed by atoms with Crippen molar-refractivity contribution in [2.75, 3.05) is 12.4 Å². The fourth-order valence-corrected chi connectivity index (χ4v) is 1.91. The molecule has 0 amide bonds. The molecular weight excluding hydrogens is 257 g/mol. The minimum Gasteiger partial charge on any atom is -0.495 e. The number of nitrogens with one attached hydrogen (secondary N) is 1. The zero-order valence-electron chi connectivity index (χ0n) is 11.2. The minimum absolute atomic E-state index is 0.207. The summed E-state index contributed by atoms with van der Waals surface area (Å²) in [6.45, 7) is 1.87. The first kappa shape index (κ1) is 13.8. The first-order valence-corrected chi connectivity index (χ1v) is 6.09. The highest BCUT2D eigenvalue weighted by Gasteiger charge is 2.13.